The third-order valence-electron chi connectivity index (χ3n) is 3.37. The third kappa shape index (κ3) is 3.32. The van der Waals surface area contributed by atoms with E-state index in [4.69, 9.17) is 4.74 Å². The van der Waals surface area contributed by atoms with E-state index in [9.17, 15) is 0 Å². The van der Waals surface area contributed by atoms with Gasteiger partial charge in [-0.25, -0.2) is 9.97 Å². The van der Waals surface area contributed by atoms with Crippen LogP contribution in [0.2, 0.25) is 0 Å². The van der Waals surface area contributed by atoms with Gasteiger partial charge in [0.05, 0.1) is 12.7 Å². The maximum absolute atomic E-state index is 5.80. The Hall–Kier alpha value is -1.36. The Kier molecular flexibility index (Phi) is 4.75. The molecule has 0 aromatic carbocycles. The molecule has 1 heterocycles. The second-order valence-corrected chi connectivity index (χ2v) is 4.65. The highest BCUT2D eigenvalue weighted by atomic mass is 16.5. The highest BCUT2D eigenvalue weighted by Gasteiger charge is 2.14. The minimum atomic E-state index is 0.478. The lowest BCUT2D eigenvalue weighted by atomic mass is 10.3. The molecule has 1 aromatic rings. The zero-order valence-electron chi connectivity index (χ0n) is 11.2. The Morgan fingerprint density at radius 1 is 1.28 bits per heavy atom. The maximum atomic E-state index is 5.80. The largest absolute Gasteiger partial charge is 0.376 e. The van der Waals surface area contributed by atoms with Gasteiger partial charge in [-0.1, -0.05) is 12.8 Å². The number of anilines is 2. The second kappa shape index (κ2) is 6.54. The fourth-order valence-electron chi connectivity index (χ4n) is 2.33. The molecule has 0 spiro atoms. The maximum Gasteiger partial charge on any atom is 0.134 e. The lowest BCUT2D eigenvalue weighted by Crippen LogP contribution is -2.16. The van der Waals surface area contributed by atoms with E-state index in [1.807, 2.05) is 14.0 Å². The molecule has 1 aliphatic carbocycles. The number of nitrogens with zero attached hydrogens (tertiary/aromatic N) is 2. The predicted octanol–water partition coefficient (Wildman–Crippen LogP) is 2.20. The summed E-state index contributed by atoms with van der Waals surface area (Å²) in [6.45, 7) is 3.53. The van der Waals surface area contributed by atoms with Crippen molar-refractivity contribution in [2.24, 2.45) is 0 Å². The van der Waals surface area contributed by atoms with E-state index in [1.54, 1.807) is 6.33 Å². The molecule has 0 saturated heterocycles. The number of rotatable bonds is 6. The smallest absolute Gasteiger partial charge is 0.134 e. The molecule has 0 atom stereocenters. The summed E-state index contributed by atoms with van der Waals surface area (Å²) in [5, 5.41) is 6.34. The Bertz CT molecular complexity index is 377. The molecule has 1 fully saturated rings. The highest BCUT2D eigenvalue weighted by Crippen LogP contribution is 2.21. The topological polar surface area (TPSA) is 59.1 Å². The fourth-order valence-corrected chi connectivity index (χ4v) is 2.33. The van der Waals surface area contributed by atoms with E-state index >= 15 is 0 Å². The molecule has 5 heteroatoms. The highest BCUT2D eigenvalue weighted by molar-refractivity contribution is 5.55. The van der Waals surface area contributed by atoms with Crippen LogP contribution < -0.4 is 10.6 Å². The average molecular weight is 250 g/mol. The van der Waals surface area contributed by atoms with Crippen molar-refractivity contribution < 1.29 is 4.74 Å². The number of aromatic nitrogens is 2. The third-order valence-corrected chi connectivity index (χ3v) is 3.37. The van der Waals surface area contributed by atoms with Gasteiger partial charge in [0.1, 0.15) is 18.0 Å². The van der Waals surface area contributed by atoms with E-state index < -0.39 is 0 Å². The Balaban J connectivity index is 1.75. The van der Waals surface area contributed by atoms with Crippen molar-refractivity contribution in [3.05, 3.63) is 11.9 Å². The molecule has 18 heavy (non-hydrogen) atoms. The SMILES string of the molecule is CNc1ncnc(NCCOC2CCCC2)c1C. The minimum absolute atomic E-state index is 0.478. The minimum Gasteiger partial charge on any atom is -0.376 e. The Morgan fingerprint density at radius 2 is 2.00 bits per heavy atom. The number of nitrogens with one attached hydrogen (secondary N) is 2. The molecule has 0 bridgehead atoms. The standard InChI is InChI=1S/C13H22N4O/c1-10-12(14-2)16-9-17-13(10)15-7-8-18-11-5-3-4-6-11/h9,11H,3-8H2,1-2H3,(H2,14,15,16,17). The van der Waals surface area contributed by atoms with E-state index in [2.05, 4.69) is 20.6 Å². The van der Waals surface area contributed by atoms with E-state index in [1.165, 1.54) is 25.7 Å². The Labute approximate surface area is 108 Å². The molecule has 2 rings (SSSR count). The van der Waals surface area contributed by atoms with Crippen LogP contribution in [-0.4, -0.2) is 36.3 Å². The van der Waals surface area contributed by atoms with Crippen molar-refractivity contribution in [1.82, 2.24) is 9.97 Å². The zero-order chi connectivity index (χ0) is 12.8. The molecule has 1 aliphatic rings. The van der Waals surface area contributed by atoms with Gasteiger partial charge in [-0.2, -0.15) is 0 Å². The van der Waals surface area contributed by atoms with Gasteiger partial charge in [0.2, 0.25) is 0 Å². The van der Waals surface area contributed by atoms with Gasteiger partial charge in [-0.15, -0.1) is 0 Å². The molecule has 0 unspecified atom stereocenters. The average Bonchev–Trinajstić information content (AvgIpc) is 2.89. The van der Waals surface area contributed by atoms with Gasteiger partial charge in [-0.3, -0.25) is 0 Å². The van der Waals surface area contributed by atoms with Crippen LogP contribution in [0.1, 0.15) is 31.2 Å². The first kappa shape index (κ1) is 13.1. The monoisotopic (exact) mass is 250 g/mol. The van der Waals surface area contributed by atoms with Crippen LogP contribution in [0.5, 0.6) is 0 Å². The normalized spacial score (nSPS) is 15.9. The van der Waals surface area contributed by atoms with Crippen molar-refractivity contribution in [3.8, 4) is 0 Å². The summed E-state index contributed by atoms with van der Waals surface area (Å²) >= 11 is 0. The van der Waals surface area contributed by atoms with Gasteiger partial charge in [0.15, 0.2) is 0 Å². The van der Waals surface area contributed by atoms with Crippen LogP contribution >= 0.6 is 0 Å². The molecule has 0 radical (unpaired) electrons. The Morgan fingerprint density at radius 3 is 2.72 bits per heavy atom. The van der Waals surface area contributed by atoms with Crippen molar-refractivity contribution >= 4 is 11.6 Å². The summed E-state index contributed by atoms with van der Waals surface area (Å²) in [6.07, 6.45) is 7.11. The van der Waals surface area contributed by atoms with Gasteiger partial charge in [0, 0.05) is 19.2 Å². The molecule has 1 aromatic heterocycles. The van der Waals surface area contributed by atoms with Gasteiger partial charge in [0.25, 0.3) is 0 Å². The summed E-state index contributed by atoms with van der Waals surface area (Å²) in [7, 11) is 1.86. The fraction of sp³-hybridized carbons (Fsp3) is 0.692. The first-order chi connectivity index (χ1) is 8.81. The van der Waals surface area contributed by atoms with E-state index in [0.717, 1.165) is 30.4 Å². The lowest BCUT2D eigenvalue weighted by Gasteiger charge is -2.13. The zero-order valence-corrected chi connectivity index (χ0v) is 11.2. The van der Waals surface area contributed by atoms with Crippen molar-refractivity contribution in [1.29, 1.82) is 0 Å². The molecular formula is C13H22N4O. The molecule has 0 amide bonds. The first-order valence-electron chi connectivity index (χ1n) is 6.66. The van der Waals surface area contributed by atoms with Crippen LogP contribution in [0.3, 0.4) is 0 Å². The van der Waals surface area contributed by atoms with Crippen LogP contribution in [0.4, 0.5) is 11.6 Å². The van der Waals surface area contributed by atoms with Crippen LogP contribution in [0.25, 0.3) is 0 Å². The number of hydrogen-bond acceptors (Lipinski definition) is 5. The van der Waals surface area contributed by atoms with Crippen LogP contribution in [0.15, 0.2) is 6.33 Å². The number of hydrogen-bond donors (Lipinski definition) is 2. The van der Waals surface area contributed by atoms with Crippen molar-refractivity contribution in [2.75, 3.05) is 30.8 Å². The molecule has 1 saturated carbocycles. The van der Waals surface area contributed by atoms with Crippen LogP contribution in [0, 0.1) is 6.92 Å². The van der Waals surface area contributed by atoms with E-state index in [0.29, 0.717) is 6.10 Å². The summed E-state index contributed by atoms with van der Waals surface area (Å²) in [4.78, 5) is 8.39. The predicted molar refractivity (Wildman–Crippen MR) is 73.0 cm³/mol. The summed E-state index contributed by atoms with van der Waals surface area (Å²) in [6, 6.07) is 0. The second-order valence-electron chi connectivity index (χ2n) is 4.65. The molecule has 5 nitrogen and oxygen atoms in total. The van der Waals surface area contributed by atoms with Gasteiger partial charge in [-0.05, 0) is 19.8 Å². The van der Waals surface area contributed by atoms with E-state index in [-0.39, 0.29) is 0 Å². The summed E-state index contributed by atoms with van der Waals surface area (Å²) in [5.74, 6) is 1.74. The molecule has 0 aliphatic heterocycles. The first-order valence-corrected chi connectivity index (χ1v) is 6.66. The van der Waals surface area contributed by atoms with Crippen molar-refractivity contribution in [3.63, 3.8) is 0 Å². The molecule has 2 N–H and O–H groups in total. The number of ether oxygens (including phenoxy) is 1. The lowest BCUT2D eigenvalue weighted by molar-refractivity contribution is 0.0658. The molecule has 100 valence electrons. The van der Waals surface area contributed by atoms with Crippen LogP contribution in [-0.2, 0) is 4.74 Å². The summed E-state index contributed by atoms with van der Waals surface area (Å²) in [5.41, 5.74) is 1.04. The quantitative estimate of drug-likeness (QED) is 0.758. The summed E-state index contributed by atoms with van der Waals surface area (Å²) < 4.78 is 5.80. The van der Waals surface area contributed by atoms with Gasteiger partial charge >= 0.3 is 0 Å². The van der Waals surface area contributed by atoms with Gasteiger partial charge < -0.3 is 15.4 Å². The molecular weight excluding hydrogens is 228 g/mol. The van der Waals surface area contributed by atoms with Crippen molar-refractivity contribution in [2.45, 2.75) is 38.7 Å².